The molecule has 1 heterocycles. The second kappa shape index (κ2) is 5.14. The number of ketones is 1. The van der Waals surface area contributed by atoms with Gasteiger partial charge >= 0.3 is 0 Å². The van der Waals surface area contributed by atoms with Crippen LogP contribution in [-0.2, 0) is 0 Å². The molecule has 13 heavy (non-hydrogen) atoms. The van der Waals surface area contributed by atoms with E-state index >= 15 is 0 Å². The quantitative estimate of drug-likeness (QED) is 0.579. The Labute approximate surface area is 83.0 Å². The highest BCUT2D eigenvalue weighted by atomic mass is 32.1. The number of Topliss-reactive ketones (excluding diaryl/α,β-unsaturated/α-hetero) is 1. The zero-order valence-electron chi connectivity index (χ0n) is 8.09. The summed E-state index contributed by atoms with van der Waals surface area (Å²) < 4.78 is 0. The Hall–Kier alpha value is -0.670. The molecular weight excluding hydrogens is 182 g/mol. The Morgan fingerprint density at radius 1 is 1.62 bits per heavy atom. The highest BCUT2D eigenvalue weighted by molar-refractivity contribution is 7.10. The summed E-state index contributed by atoms with van der Waals surface area (Å²) in [5.74, 6) is 0.201. The molecule has 0 saturated carbocycles. The van der Waals surface area contributed by atoms with Crippen molar-refractivity contribution in [3.8, 4) is 0 Å². The Bertz CT molecular complexity index is 280. The topological polar surface area (TPSA) is 29.1 Å². The molecule has 0 aromatic carbocycles. The third kappa shape index (κ3) is 2.94. The van der Waals surface area contributed by atoms with Crippen molar-refractivity contribution in [3.05, 3.63) is 21.9 Å². The molecule has 0 aliphatic rings. The summed E-state index contributed by atoms with van der Waals surface area (Å²) in [6.07, 6.45) is 1.07. The molecule has 1 aromatic heterocycles. The maximum atomic E-state index is 11.5. The maximum Gasteiger partial charge on any atom is 0.177 e. The molecule has 0 aliphatic heterocycles. The van der Waals surface area contributed by atoms with E-state index in [-0.39, 0.29) is 5.78 Å². The second-order valence-corrected chi connectivity index (χ2v) is 4.11. The molecule has 2 nitrogen and oxygen atoms in total. The minimum atomic E-state index is 0.201. The van der Waals surface area contributed by atoms with Crippen molar-refractivity contribution in [2.45, 2.75) is 20.3 Å². The third-order valence-electron chi connectivity index (χ3n) is 1.87. The summed E-state index contributed by atoms with van der Waals surface area (Å²) >= 11 is 1.62. The lowest BCUT2D eigenvalue weighted by Gasteiger charge is -2.01. The van der Waals surface area contributed by atoms with Gasteiger partial charge in [-0.05, 0) is 31.3 Å². The molecule has 0 amide bonds. The summed E-state index contributed by atoms with van der Waals surface area (Å²) in [5, 5.41) is 5.07. The van der Waals surface area contributed by atoms with Gasteiger partial charge in [0.1, 0.15) is 0 Å². The molecule has 1 aromatic rings. The summed E-state index contributed by atoms with van der Waals surface area (Å²) in [7, 11) is 0. The van der Waals surface area contributed by atoms with Crippen LogP contribution in [0.5, 0.6) is 0 Å². The SMILES string of the molecule is CCCNCC(=O)c1ccsc1C. The normalized spacial score (nSPS) is 10.3. The Morgan fingerprint density at radius 2 is 2.38 bits per heavy atom. The van der Waals surface area contributed by atoms with Crippen LogP contribution in [0.4, 0.5) is 0 Å². The first kappa shape index (κ1) is 10.4. The molecule has 0 radical (unpaired) electrons. The number of carbonyl (C=O) groups excluding carboxylic acids is 1. The third-order valence-corrected chi connectivity index (χ3v) is 2.72. The molecule has 72 valence electrons. The molecule has 0 unspecified atom stereocenters. The fraction of sp³-hybridized carbons (Fsp3) is 0.500. The van der Waals surface area contributed by atoms with Gasteiger partial charge in [0.05, 0.1) is 6.54 Å². The molecule has 0 bridgehead atoms. The standard InChI is InChI=1S/C10H15NOS/c1-3-5-11-7-10(12)9-4-6-13-8(9)2/h4,6,11H,3,5,7H2,1-2H3. The Kier molecular flexibility index (Phi) is 4.12. The maximum absolute atomic E-state index is 11.5. The van der Waals surface area contributed by atoms with Crippen LogP contribution in [-0.4, -0.2) is 18.9 Å². The highest BCUT2D eigenvalue weighted by Crippen LogP contribution is 2.14. The van der Waals surface area contributed by atoms with Gasteiger partial charge in [-0.2, -0.15) is 0 Å². The molecule has 0 atom stereocenters. The molecule has 1 N–H and O–H groups in total. The van der Waals surface area contributed by atoms with Crippen molar-refractivity contribution in [1.82, 2.24) is 5.32 Å². The van der Waals surface area contributed by atoms with Crippen LogP contribution in [0.25, 0.3) is 0 Å². The number of aryl methyl sites for hydroxylation is 1. The highest BCUT2D eigenvalue weighted by Gasteiger charge is 2.08. The van der Waals surface area contributed by atoms with Gasteiger partial charge in [0.2, 0.25) is 0 Å². The first-order valence-corrected chi connectivity index (χ1v) is 5.41. The van der Waals surface area contributed by atoms with Crippen LogP contribution in [0.15, 0.2) is 11.4 Å². The van der Waals surface area contributed by atoms with Crippen LogP contribution >= 0.6 is 11.3 Å². The minimum Gasteiger partial charge on any atom is -0.310 e. The van der Waals surface area contributed by atoms with Crippen molar-refractivity contribution in [2.75, 3.05) is 13.1 Å². The summed E-state index contributed by atoms with van der Waals surface area (Å²) in [5.41, 5.74) is 0.869. The monoisotopic (exact) mass is 197 g/mol. The Balaban J connectivity index is 2.45. The van der Waals surface area contributed by atoms with E-state index in [4.69, 9.17) is 0 Å². The zero-order valence-corrected chi connectivity index (χ0v) is 8.91. The molecule has 1 rings (SSSR count). The van der Waals surface area contributed by atoms with Crippen molar-refractivity contribution in [1.29, 1.82) is 0 Å². The van der Waals surface area contributed by atoms with E-state index in [1.165, 1.54) is 0 Å². The minimum absolute atomic E-state index is 0.201. The predicted octanol–water partition coefficient (Wildman–Crippen LogP) is 2.24. The van der Waals surface area contributed by atoms with Gasteiger partial charge < -0.3 is 5.32 Å². The van der Waals surface area contributed by atoms with E-state index in [9.17, 15) is 4.79 Å². The van der Waals surface area contributed by atoms with Crippen LogP contribution in [0.2, 0.25) is 0 Å². The number of thiophene rings is 1. The van der Waals surface area contributed by atoms with E-state index in [2.05, 4.69) is 12.2 Å². The van der Waals surface area contributed by atoms with Gasteiger partial charge in [0.25, 0.3) is 0 Å². The van der Waals surface area contributed by atoms with Crippen LogP contribution in [0.3, 0.4) is 0 Å². The van der Waals surface area contributed by atoms with Crippen molar-refractivity contribution < 1.29 is 4.79 Å². The second-order valence-electron chi connectivity index (χ2n) is 2.99. The van der Waals surface area contributed by atoms with Gasteiger partial charge in [0.15, 0.2) is 5.78 Å². The average Bonchev–Trinajstić information content (AvgIpc) is 2.52. The van der Waals surface area contributed by atoms with Crippen LogP contribution < -0.4 is 5.32 Å². The number of hydrogen-bond donors (Lipinski definition) is 1. The van der Waals surface area contributed by atoms with Gasteiger partial charge in [0, 0.05) is 10.4 Å². The van der Waals surface area contributed by atoms with E-state index in [0.29, 0.717) is 6.54 Å². The van der Waals surface area contributed by atoms with Gasteiger partial charge in [-0.3, -0.25) is 4.79 Å². The molecule has 0 spiro atoms. The fourth-order valence-electron chi connectivity index (χ4n) is 1.15. The number of rotatable bonds is 5. The van der Waals surface area contributed by atoms with Crippen LogP contribution in [0.1, 0.15) is 28.6 Å². The molecule has 0 aliphatic carbocycles. The lowest BCUT2D eigenvalue weighted by Crippen LogP contribution is -2.23. The number of hydrogen-bond acceptors (Lipinski definition) is 3. The summed E-state index contributed by atoms with van der Waals surface area (Å²) in [6, 6.07) is 1.90. The van der Waals surface area contributed by atoms with Crippen LogP contribution in [0, 0.1) is 6.92 Å². The largest absolute Gasteiger partial charge is 0.310 e. The average molecular weight is 197 g/mol. The van der Waals surface area contributed by atoms with E-state index in [1.54, 1.807) is 11.3 Å². The fourth-order valence-corrected chi connectivity index (χ4v) is 1.87. The smallest absolute Gasteiger partial charge is 0.177 e. The first-order valence-electron chi connectivity index (χ1n) is 4.53. The van der Waals surface area contributed by atoms with Crippen molar-refractivity contribution in [3.63, 3.8) is 0 Å². The molecular formula is C10H15NOS. The number of carbonyl (C=O) groups is 1. The van der Waals surface area contributed by atoms with Gasteiger partial charge in [-0.1, -0.05) is 6.92 Å². The van der Waals surface area contributed by atoms with Gasteiger partial charge in [-0.25, -0.2) is 0 Å². The molecule has 3 heteroatoms. The summed E-state index contributed by atoms with van der Waals surface area (Å²) in [4.78, 5) is 12.7. The number of nitrogens with one attached hydrogen (secondary N) is 1. The molecule has 0 saturated heterocycles. The van der Waals surface area contributed by atoms with E-state index < -0.39 is 0 Å². The van der Waals surface area contributed by atoms with E-state index in [0.717, 1.165) is 23.4 Å². The lowest BCUT2D eigenvalue weighted by molar-refractivity contribution is 0.0991. The lowest BCUT2D eigenvalue weighted by atomic mass is 10.2. The van der Waals surface area contributed by atoms with E-state index in [1.807, 2.05) is 18.4 Å². The van der Waals surface area contributed by atoms with Crippen molar-refractivity contribution >= 4 is 17.1 Å². The summed E-state index contributed by atoms with van der Waals surface area (Å²) in [6.45, 7) is 5.45. The molecule has 0 fully saturated rings. The predicted molar refractivity (Wildman–Crippen MR) is 56.5 cm³/mol. The van der Waals surface area contributed by atoms with Crippen molar-refractivity contribution in [2.24, 2.45) is 0 Å². The Morgan fingerprint density at radius 3 is 2.92 bits per heavy atom. The zero-order chi connectivity index (χ0) is 9.68. The first-order chi connectivity index (χ1) is 6.25. The van der Waals surface area contributed by atoms with Gasteiger partial charge in [-0.15, -0.1) is 11.3 Å².